The molecule has 8 heteroatoms. The molecule has 0 spiro atoms. The van der Waals surface area contributed by atoms with Crippen LogP contribution in [0.1, 0.15) is 22.0 Å². The molecule has 176 valence electrons. The molecule has 0 bridgehead atoms. The van der Waals surface area contributed by atoms with E-state index in [4.69, 9.17) is 23.2 Å². The standard InChI is InChI=1S/C26H24Cl2N2O2S2/c1-2-12-29(25(32)17-34-19-6-4-3-5-7-19)16-24(31)30-13-10-23-21(11-14-33-23)26(30)20-9-8-18(27)15-22(20)28/h2-9,11,14-15,26H,1,10,12-13,16-17H2. The molecule has 0 N–H and O–H groups in total. The first-order chi connectivity index (χ1) is 16.5. The lowest BCUT2D eigenvalue weighted by molar-refractivity contribution is -0.140. The minimum absolute atomic E-state index is 0.0125. The summed E-state index contributed by atoms with van der Waals surface area (Å²) in [4.78, 5) is 32.2. The Bertz CT molecular complexity index is 1180. The molecule has 3 aromatic rings. The zero-order valence-electron chi connectivity index (χ0n) is 18.5. The minimum atomic E-state index is -0.313. The molecule has 2 amide bonds. The summed E-state index contributed by atoms with van der Waals surface area (Å²) in [7, 11) is 0. The average molecular weight is 532 g/mol. The van der Waals surface area contributed by atoms with Gasteiger partial charge in [-0.25, -0.2) is 0 Å². The maximum Gasteiger partial charge on any atom is 0.243 e. The highest BCUT2D eigenvalue weighted by atomic mass is 35.5. The van der Waals surface area contributed by atoms with Gasteiger partial charge < -0.3 is 9.80 Å². The van der Waals surface area contributed by atoms with Gasteiger partial charge in [-0.1, -0.05) is 53.5 Å². The Labute approximate surface area is 218 Å². The fraction of sp³-hybridized carbons (Fsp3) is 0.231. The summed E-state index contributed by atoms with van der Waals surface area (Å²) in [5.74, 6) is 0.0379. The quantitative estimate of drug-likeness (QED) is 0.252. The van der Waals surface area contributed by atoms with Crippen molar-refractivity contribution in [1.82, 2.24) is 9.80 Å². The van der Waals surface area contributed by atoms with Gasteiger partial charge in [0, 0.05) is 32.9 Å². The van der Waals surface area contributed by atoms with Crippen molar-refractivity contribution in [3.05, 3.63) is 98.7 Å². The first-order valence-electron chi connectivity index (χ1n) is 10.8. The molecule has 0 saturated heterocycles. The highest BCUT2D eigenvalue weighted by Crippen LogP contribution is 2.41. The maximum atomic E-state index is 13.6. The van der Waals surface area contributed by atoms with Crippen molar-refractivity contribution in [2.24, 2.45) is 0 Å². The van der Waals surface area contributed by atoms with Crippen LogP contribution in [0.5, 0.6) is 0 Å². The number of nitrogens with zero attached hydrogens (tertiary/aromatic N) is 2. The summed E-state index contributed by atoms with van der Waals surface area (Å²) in [6.07, 6.45) is 2.43. The van der Waals surface area contributed by atoms with Crippen LogP contribution >= 0.6 is 46.3 Å². The third-order valence-electron chi connectivity index (χ3n) is 5.68. The van der Waals surface area contributed by atoms with Gasteiger partial charge in [-0.3, -0.25) is 9.59 Å². The number of carbonyl (C=O) groups is 2. The smallest absolute Gasteiger partial charge is 0.243 e. The van der Waals surface area contributed by atoms with Crippen LogP contribution in [0.2, 0.25) is 10.0 Å². The Morgan fingerprint density at radius 1 is 1.15 bits per heavy atom. The van der Waals surface area contributed by atoms with E-state index in [-0.39, 0.29) is 30.2 Å². The largest absolute Gasteiger partial charge is 0.330 e. The fourth-order valence-corrected chi connectivity index (χ4v) is 6.30. The summed E-state index contributed by atoms with van der Waals surface area (Å²) >= 11 is 15.8. The molecule has 1 aromatic heterocycles. The lowest BCUT2D eigenvalue weighted by atomic mass is 9.93. The molecule has 1 unspecified atom stereocenters. The van der Waals surface area contributed by atoms with Crippen LogP contribution in [-0.2, 0) is 16.0 Å². The summed E-state index contributed by atoms with van der Waals surface area (Å²) in [6, 6.07) is 16.9. The molecule has 2 heterocycles. The first kappa shape index (κ1) is 24.9. The van der Waals surface area contributed by atoms with E-state index < -0.39 is 0 Å². The van der Waals surface area contributed by atoms with Gasteiger partial charge in [0.2, 0.25) is 11.8 Å². The molecule has 1 atom stereocenters. The molecular weight excluding hydrogens is 507 g/mol. The zero-order valence-corrected chi connectivity index (χ0v) is 21.6. The van der Waals surface area contributed by atoms with Crippen molar-refractivity contribution in [2.45, 2.75) is 17.4 Å². The summed E-state index contributed by atoms with van der Waals surface area (Å²) in [5, 5.41) is 3.11. The van der Waals surface area contributed by atoms with E-state index >= 15 is 0 Å². The molecule has 0 radical (unpaired) electrons. The lowest BCUT2D eigenvalue weighted by Crippen LogP contribution is -2.47. The Morgan fingerprint density at radius 2 is 1.94 bits per heavy atom. The molecular formula is C26H24Cl2N2O2S2. The van der Waals surface area contributed by atoms with Crippen molar-refractivity contribution < 1.29 is 9.59 Å². The van der Waals surface area contributed by atoms with Crippen LogP contribution in [0, 0.1) is 0 Å². The van der Waals surface area contributed by atoms with Crippen molar-refractivity contribution in [2.75, 3.05) is 25.4 Å². The number of thioether (sulfide) groups is 1. The second-order valence-corrected chi connectivity index (χ2v) is 10.8. The Hall–Kier alpha value is -2.25. The van der Waals surface area contributed by atoms with E-state index in [1.807, 2.05) is 46.7 Å². The maximum absolute atomic E-state index is 13.6. The molecule has 34 heavy (non-hydrogen) atoms. The van der Waals surface area contributed by atoms with Gasteiger partial charge in [0.1, 0.15) is 6.54 Å². The number of amides is 2. The van der Waals surface area contributed by atoms with E-state index in [1.54, 1.807) is 34.4 Å². The monoisotopic (exact) mass is 530 g/mol. The van der Waals surface area contributed by atoms with Gasteiger partial charge in [-0.15, -0.1) is 29.7 Å². The second-order valence-electron chi connectivity index (χ2n) is 7.87. The summed E-state index contributed by atoms with van der Waals surface area (Å²) < 4.78 is 0. The number of rotatable bonds is 8. The average Bonchev–Trinajstić information content (AvgIpc) is 3.31. The van der Waals surface area contributed by atoms with Gasteiger partial charge in [0.25, 0.3) is 0 Å². The summed E-state index contributed by atoms with van der Waals surface area (Å²) in [5.41, 5.74) is 1.91. The number of hydrogen-bond donors (Lipinski definition) is 0. The predicted octanol–water partition coefficient (Wildman–Crippen LogP) is 6.34. The minimum Gasteiger partial charge on any atom is -0.330 e. The summed E-state index contributed by atoms with van der Waals surface area (Å²) in [6.45, 7) is 4.63. The second kappa shape index (κ2) is 11.5. The Balaban J connectivity index is 1.54. The molecule has 1 aliphatic heterocycles. The van der Waals surface area contributed by atoms with Gasteiger partial charge in [0.15, 0.2) is 0 Å². The topological polar surface area (TPSA) is 40.6 Å². The number of halogens is 2. The Kier molecular flexibility index (Phi) is 8.37. The Morgan fingerprint density at radius 3 is 2.68 bits per heavy atom. The van der Waals surface area contributed by atoms with Crippen molar-refractivity contribution >= 4 is 58.1 Å². The van der Waals surface area contributed by atoms with Gasteiger partial charge in [0.05, 0.1) is 11.8 Å². The van der Waals surface area contributed by atoms with Crippen molar-refractivity contribution in [1.29, 1.82) is 0 Å². The molecule has 4 nitrogen and oxygen atoms in total. The zero-order chi connectivity index (χ0) is 24.1. The lowest BCUT2D eigenvalue weighted by Gasteiger charge is -2.38. The van der Waals surface area contributed by atoms with Gasteiger partial charge in [-0.2, -0.15) is 0 Å². The third kappa shape index (κ3) is 5.69. The van der Waals surface area contributed by atoms with Crippen LogP contribution < -0.4 is 0 Å². The highest BCUT2D eigenvalue weighted by Gasteiger charge is 2.35. The molecule has 2 aromatic carbocycles. The van der Waals surface area contributed by atoms with E-state index in [0.717, 1.165) is 22.4 Å². The number of fused-ring (bicyclic) bond motifs is 1. The highest BCUT2D eigenvalue weighted by molar-refractivity contribution is 8.00. The van der Waals surface area contributed by atoms with E-state index in [2.05, 4.69) is 12.6 Å². The van der Waals surface area contributed by atoms with E-state index in [9.17, 15) is 9.59 Å². The number of carbonyl (C=O) groups excluding carboxylic acids is 2. The number of thiophene rings is 1. The van der Waals surface area contributed by atoms with Crippen molar-refractivity contribution in [3.8, 4) is 0 Å². The molecule has 4 rings (SSSR count). The predicted molar refractivity (Wildman–Crippen MR) is 142 cm³/mol. The fourth-order valence-electron chi connectivity index (χ4n) is 4.06. The number of hydrogen-bond acceptors (Lipinski definition) is 4. The van der Waals surface area contributed by atoms with Gasteiger partial charge >= 0.3 is 0 Å². The number of benzene rings is 2. The first-order valence-corrected chi connectivity index (χ1v) is 13.5. The molecule has 1 aliphatic rings. The molecule has 0 saturated carbocycles. The van der Waals surface area contributed by atoms with Crippen molar-refractivity contribution in [3.63, 3.8) is 0 Å². The normalized spacial score (nSPS) is 15.0. The SMILES string of the molecule is C=CCN(CC(=O)N1CCc2sccc2C1c1ccc(Cl)cc1Cl)C(=O)CSc1ccccc1. The van der Waals surface area contributed by atoms with E-state index in [1.165, 1.54) is 16.6 Å². The van der Waals surface area contributed by atoms with Crippen LogP contribution in [0.3, 0.4) is 0 Å². The van der Waals surface area contributed by atoms with Crippen LogP contribution in [0.15, 0.2) is 77.5 Å². The molecule has 0 fully saturated rings. The van der Waals surface area contributed by atoms with Crippen LogP contribution in [0.25, 0.3) is 0 Å². The molecule has 0 aliphatic carbocycles. The van der Waals surface area contributed by atoms with E-state index in [0.29, 0.717) is 23.1 Å². The van der Waals surface area contributed by atoms with Crippen LogP contribution in [0.4, 0.5) is 0 Å². The van der Waals surface area contributed by atoms with Gasteiger partial charge in [-0.05, 0) is 53.3 Å². The third-order valence-corrected chi connectivity index (χ3v) is 8.23. The van der Waals surface area contributed by atoms with Crippen LogP contribution in [-0.4, -0.2) is 47.0 Å².